The van der Waals surface area contributed by atoms with E-state index in [0.717, 1.165) is 73.3 Å². The second-order valence-electron chi connectivity index (χ2n) is 9.60. The maximum absolute atomic E-state index is 13.1. The Morgan fingerprint density at radius 2 is 2.10 bits per heavy atom. The molecule has 1 amide bonds. The minimum Gasteiger partial charge on any atom is -0.342 e. The standard InChI is InChI=1S/C25H32N4O/c1-4-18(23-12-28-23)25-19(6-5-7-27-25)16(3)17-8-15(2)13-29(14-17)24(30)9-20-21-10-26-11-22(20)21/h4-7,12,15,17,20-23,26H,3,8-11,13-14H2,1-2H3/b18-4-/t15-,17+,20?,21-,22+,23?/m1/s1. The van der Waals surface area contributed by atoms with Crippen LogP contribution in [0.4, 0.5) is 0 Å². The lowest BCUT2D eigenvalue weighted by Gasteiger charge is -2.38. The summed E-state index contributed by atoms with van der Waals surface area (Å²) in [7, 11) is 0. The lowest BCUT2D eigenvalue weighted by molar-refractivity contribution is -0.134. The highest BCUT2D eigenvalue weighted by atomic mass is 16.2. The summed E-state index contributed by atoms with van der Waals surface area (Å²) in [6.45, 7) is 12.7. The van der Waals surface area contributed by atoms with Gasteiger partial charge in [0.05, 0.1) is 5.69 Å². The first-order valence-electron chi connectivity index (χ1n) is 11.4. The largest absolute Gasteiger partial charge is 0.342 e. The molecule has 0 aromatic carbocycles. The molecule has 158 valence electrons. The van der Waals surface area contributed by atoms with Crippen molar-refractivity contribution in [2.24, 2.45) is 34.6 Å². The minimum absolute atomic E-state index is 0.160. The molecule has 3 aliphatic heterocycles. The fourth-order valence-electron chi connectivity index (χ4n) is 5.75. The smallest absolute Gasteiger partial charge is 0.222 e. The van der Waals surface area contributed by atoms with E-state index in [0.29, 0.717) is 17.7 Å². The Kier molecular flexibility index (Phi) is 5.10. The Balaban J connectivity index is 1.30. The van der Waals surface area contributed by atoms with Crippen molar-refractivity contribution in [3.8, 4) is 0 Å². The number of aromatic nitrogens is 1. The molecule has 1 aromatic rings. The average molecular weight is 405 g/mol. The van der Waals surface area contributed by atoms with Gasteiger partial charge >= 0.3 is 0 Å². The van der Waals surface area contributed by atoms with E-state index in [4.69, 9.17) is 0 Å². The Labute approximate surface area is 179 Å². The van der Waals surface area contributed by atoms with E-state index in [1.54, 1.807) is 0 Å². The molecule has 6 atom stereocenters. The molecule has 1 aliphatic carbocycles. The van der Waals surface area contributed by atoms with E-state index in [1.165, 1.54) is 0 Å². The van der Waals surface area contributed by atoms with Crippen LogP contribution in [-0.4, -0.2) is 54.2 Å². The van der Waals surface area contributed by atoms with Crippen LogP contribution in [0.25, 0.3) is 11.1 Å². The molecule has 1 aromatic heterocycles. The molecule has 30 heavy (non-hydrogen) atoms. The molecule has 2 unspecified atom stereocenters. The van der Waals surface area contributed by atoms with Gasteiger partial charge in [0, 0.05) is 49.0 Å². The van der Waals surface area contributed by atoms with E-state index in [1.807, 2.05) is 25.4 Å². The normalized spacial score (nSPS) is 34.6. The summed E-state index contributed by atoms with van der Waals surface area (Å²) in [6, 6.07) is 4.27. The maximum Gasteiger partial charge on any atom is 0.222 e. The maximum atomic E-state index is 13.1. The summed E-state index contributed by atoms with van der Waals surface area (Å²) in [4.78, 5) is 24.2. The number of amides is 1. The number of rotatable bonds is 6. The number of fused-ring (bicyclic) bond motifs is 1. The minimum atomic E-state index is 0.160. The number of likely N-dealkylation sites (tertiary alicyclic amines) is 1. The number of nitrogens with zero attached hydrogens (tertiary/aromatic N) is 3. The number of hydrogen-bond acceptors (Lipinski definition) is 4. The van der Waals surface area contributed by atoms with Crippen molar-refractivity contribution < 1.29 is 4.79 Å². The van der Waals surface area contributed by atoms with Gasteiger partial charge in [-0.25, -0.2) is 0 Å². The van der Waals surface area contributed by atoms with Crippen LogP contribution in [0.3, 0.4) is 0 Å². The van der Waals surface area contributed by atoms with Crippen molar-refractivity contribution in [3.05, 3.63) is 42.2 Å². The van der Waals surface area contributed by atoms with Gasteiger partial charge in [0.15, 0.2) is 0 Å². The zero-order chi connectivity index (χ0) is 20.8. The summed E-state index contributed by atoms with van der Waals surface area (Å²) in [5.74, 6) is 3.19. The number of allylic oxidation sites excluding steroid dienone is 1. The summed E-state index contributed by atoms with van der Waals surface area (Å²) < 4.78 is 0. The zero-order valence-corrected chi connectivity index (χ0v) is 18.1. The van der Waals surface area contributed by atoms with E-state index in [2.05, 4.69) is 45.8 Å². The molecule has 4 heterocycles. The van der Waals surface area contributed by atoms with Crippen LogP contribution in [0, 0.1) is 29.6 Å². The van der Waals surface area contributed by atoms with Crippen molar-refractivity contribution in [2.75, 3.05) is 26.2 Å². The number of hydrogen-bond donors (Lipinski definition) is 1. The molecule has 0 bridgehead atoms. The highest BCUT2D eigenvalue weighted by molar-refractivity contribution is 5.97. The van der Waals surface area contributed by atoms with Crippen molar-refractivity contribution in [3.63, 3.8) is 0 Å². The van der Waals surface area contributed by atoms with E-state index in [9.17, 15) is 4.79 Å². The van der Waals surface area contributed by atoms with Gasteiger partial charge in [-0.2, -0.15) is 0 Å². The van der Waals surface area contributed by atoms with Crippen molar-refractivity contribution in [2.45, 2.75) is 32.7 Å². The number of aliphatic imine (C=N–C) groups is 1. The Hall–Kier alpha value is -2.27. The van der Waals surface area contributed by atoms with Crippen LogP contribution in [0.15, 0.2) is 36.0 Å². The highest BCUT2D eigenvalue weighted by Crippen LogP contribution is 2.51. The quantitative estimate of drug-likeness (QED) is 0.792. The molecular formula is C25H32N4O. The first kappa shape index (κ1) is 19.7. The number of carbonyl (C=O) groups is 1. The summed E-state index contributed by atoms with van der Waals surface area (Å²) in [5, 5.41) is 3.43. The number of piperidine rings is 2. The highest BCUT2D eigenvalue weighted by Gasteiger charge is 2.53. The Bertz CT molecular complexity index is 903. The van der Waals surface area contributed by atoms with Gasteiger partial charge in [0.2, 0.25) is 5.91 Å². The van der Waals surface area contributed by atoms with Gasteiger partial charge in [0.25, 0.3) is 0 Å². The predicted octanol–water partition coefficient (Wildman–Crippen LogP) is 3.29. The monoisotopic (exact) mass is 404 g/mol. The molecule has 0 radical (unpaired) electrons. The van der Waals surface area contributed by atoms with Gasteiger partial charge in [-0.1, -0.05) is 25.6 Å². The molecular weight excluding hydrogens is 372 g/mol. The Morgan fingerprint density at radius 3 is 2.80 bits per heavy atom. The third kappa shape index (κ3) is 3.64. The Morgan fingerprint density at radius 1 is 1.33 bits per heavy atom. The van der Waals surface area contributed by atoms with Crippen LogP contribution >= 0.6 is 0 Å². The molecule has 1 N–H and O–H groups in total. The van der Waals surface area contributed by atoms with Crippen LogP contribution in [0.5, 0.6) is 0 Å². The molecule has 1 saturated carbocycles. The fraction of sp³-hybridized carbons (Fsp3) is 0.560. The first-order valence-corrected chi connectivity index (χ1v) is 11.4. The van der Waals surface area contributed by atoms with Crippen LogP contribution in [0.2, 0.25) is 0 Å². The lowest BCUT2D eigenvalue weighted by atomic mass is 9.81. The van der Waals surface area contributed by atoms with E-state index < -0.39 is 0 Å². The van der Waals surface area contributed by atoms with Crippen LogP contribution < -0.4 is 5.32 Å². The van der Waals surface area contributed by atoms with E-state index >= 15 is 0 Å². The van der Waals surface area contributed by atoms with Gasteiger partial charge in [-0.05, 0) is 61.7 Å². The molecule has 3 fully saturated rings. The third-order valence-electron chi connectivity index (χ3n) is 7.54. The van der Waals surface area contributed by atoms with Gasteiger partial charge < -0.3 is 10.2 Å². The van der Waals surface area contributed by atoms with Gasteiger partial charge in [-0.15, -0.1) is 0 Å². The molecule has 5 nitrogen and oxygen atoms in total. The molecule has 5 heteroatoms. The zero-order valence-electron chi connectivity index (χ0n) is 18.1. The van der Waals surface area contributed by atoms with E-state index in [-0.39, 0.29) is 12.0 Å². The molecule has 0 spiro atoms. The third-order valence-corrected chi connectivity index (χ3v) is 7.54. The SMILES string of the molecule is C=C(c1cccnc1/C(=C\C)C1C=N1)[C@H]1C[C@@H](C)CN(C(=O)CC2[C@H]3CNC[C@@H]23)C1. The number of pyridine rings is 1. The number of nitrogens with one attached hydrogen (secondary N) is 1. The number of carbonyl (C=O) groups excluding carboxylic acids is 1. The lowest BCUT2D eigenvalue weighted by Crippen LogP contribution is -2.44. The fourth-order valence-corrected chi connectivity index (χ4v) is 5.75. The predicted molar refractivity (Wildman–Crippen MR) is 121 cm³/mol. The van der Waals surface area contributed by atoms with Crippen LogP contribution in [-0.2, 0) is 4.79 Å². The molecule has 5 rings (SSSR count). The summed E-state index contributed by atoms with van der Waals surface area (Å²) >= 11 is 0. The van der Waals surface area contributed by atoms with Crippen molar-refractivity contribution in [1.29, 1.82) is 0 Å². The second kappa shape index (κ2) is 7.77. The molecule has 2 saturated heterocycles. The average Bonchev–Trinajstić information content (AvgIpc) is 3.65. The van der Waals surface area contributed by atoms with Gasteiger partial charge in [0.1, 0.15) is 6.04 Å². The van der Waals surface area contributed by atoms with Gasteiger partial charge in [-0.3, -0.25) is 14.8 Å². The topological polar surface area (TPSA) is 57.6 Å². The summed E-state index contributed by atoms with van der Waals surface area (Å²) in [5.41, 5.74) is 4.35. The second-order valence-corrected chi connectivity index (χ2v) is 9.60. The van der Waals surface area contributed by atoms with Crippen molar-refractivity contribution in [1.82, 2.24) is 15.2 Å². The summed E-state index contributed by atoms with van der Waals surface area (Å²) in [6.07, 6.45) is 7.71. The van der Waals surface area contributed by atoms with Crippen molar-refractivity contribution >= 4 is 23.3 Å². The van der Waals surface area contributed by atoms with Crippen LogP contribution in [0.1, 0.15) is 37.9 Å². The first-order chi connectivity index (χ1) is 14.6. The molecule has 4 aliphatic rings.